The molecule has 20 heavy (non-hydrogen) atoms. The standard InChI is InChI=1S/C13H15BrN4O2/c1-9-2-11(15-3-10(9)14)12-4-18(17-16-12)5-13(6-19)7-20-8-13/h2-4,19H,5-8H2,1H3. The zero-order valence-electron chi connectivity index (χ0n) is 11.1. The molecule has 0 saturated carbocycles. The molecule has 106 valence electrons. The van der Waals surface area contributed by atoms with E-state index in [-0.39, 0.29) is 12.0 Å². The van der Waals surface area contributed by atoms with Crippen LogP contribution in [0.5, 0.6) is 0 Å². The number of aliphatic hydroxyl groups excluding tert-OH is 1. The van der Waals surface area contributed by atoms with Crippen LogP contribution in [0.1, 0.15) is 5.56 Å². The molecule has 3 rings (SSSR count). The second kappa shape index (κ2) is 5.23. The summed E-state index contributed by atoms with van der Waals surface area (Å²) >= 11 is 3.43. The van der Waals surface area contributed by atoms with E-state index < -0.39 is 0 Å². The maximum Gasteiger partial charge on any atom is 0.131 e. The lowest BCUT2D eigenvalue weighted by molar-refractivity contribution is -0.146. The normalized spacial score (nSPS) is 16.9. The van der Waals surface area contributed by atoms with Crippen LogP contribution in [-0.2, 0) is 11.3 Å². The predicted octanol–water partition coefficient (Wildman–Crippen LogP) is 1.42. The Balaban J connectivity index is 1.81. The molecule has 0 bridgehead atoms. The summed E-state index contributed by atoms with van der Waals surface area (Å²) < 4.78 is 7.90. The molecule has 1 saturated heterocycles. The maximum absolute atomic E-state index is 9.43. The van der Waals surface area contributed by atoms with Crippen molar-refractivity contribution in [3.05, 3.63) is 28.5 Å². The number of hydrogen-bond donors (Lipinski definition) is 1. The average molecular weight is 339 g/mol. The van der Waals surface area contributed by atoms with Gasteiger partial charge in [-0.25, -0.2) is 0 Å². The van der Waals surface area contributed by atoms with Crippen LogP contribution in [-0.4, -0.2) is 44.9 Å². The molecule has 0 aliphatic carbocycles. The van der Waals surface area contributed by atoms with Crippen molar-refractivity contribution in [2.45, 2.75) is 13.5 Å². The Bertz CT molecular complexity index is 619. The molecule has 7 heteroatoms. The summed E-state index contributed by atoms with van der Waals surface area (Å²) in [5, 5.41) is 17.7. The van der Waals surface area contributed by atoms with Gasteiger partial charge >= 0.3 is 0 Å². The topological polar surface area (TPSA) is 73.1 Å². The first-order chi connectivity index (χ1) is 9.62. The third-order valence-electron chi connectivity index (χ3n) is 3.50. The summed E-state index contributed by atoms with van der Waals surface area (Å²) in [5.41, 5.74) is 2.41. The highest BCUT2D eigenvalue weighted by atomic mass is 79.9. The van der Waals surface area contributed by atoms with Crippen molar-refractivity contribution in [3.63, 3.8) is 0 Å². The molecule has 2 aromatic rings. The van der Waals surface area contributed by atoms with Gasteiger partial charge in [0.25, 0.3) is 0 Å². The van der Waals surface area contributed by atoms with Gasteiger partial charge in [0, 0.05) is 10.7 Å². The van der Waals surface area contributed by atoms with E-state index in [2.05, 4.69) is 31.2 Å². The largest absolute Gasteiger partial charge is 0.396 e. The minimum Gasteiger partial charge on any atom is -0.396 e. The summed E-state index contributed by atoms with van der Waals surface area (Å²) in [5.74, 6) is 0. The molecule has 1 aliphatic heterocycles. The Hall–Kier alpha value is -1.31. The number of ether oxygens (including phenoxy) is 1. The van der Waals surface area contributed by atoms with Crippen molar-refractivity contribution >= 4 is 15.9 Å². The van der Waals surface area contributed by atoms with Crippen molar-refractivity contribution in [2.24, 2.45) is 5.41 Å². The van der Waals surface area contributed by atoms with Gasteiger partial charge in [-0.05, 0) is 34.5 Å². The van der Waals surface area contributed by atoms with Crippen LogP contribution in [0.2, 0.25) is 0 Å². The minimum atomic E-state index is -0.214. The van der Waals surface area contributed by atoms with Gasteiger partial charge in [0.05, 0.1) is 43.7 Å². The van der Waals surface area contributed by atoms with Gasteiger partial charge in [0.15, 0.2) is 0 Å². The van der Waals surface area contributed by atoms with Crippen molar-refractivity contribution in [2.75, 3.05) is 19.8 Å². The SMILES string of the molecule is Cc1cc(-c2cn(CC3(CO)COC3)nn2)ncc1Br. The van der Waals surface area contributed by atoms with E-state index in [0.717, 1.165) is 21.4 Å². The second-order valence-corrected chi connectivity index (χ2v) is 6.13. The lowest BCUT2D eigenvalue weighted by Crippen LogP contribution is -2.48. The molecule has 1 fully saturated rings. The zero-order valence-corrected chi connectivity index (χ0v) is 12.7. The quantitative estimate of drug-likeness (QED) is 0.912. The molecule has 0 unspecified atom stereocenters. The van der Waals surface area contributed by atoms with E-state index in [1.54, 1.807) is 10.9 Å². The molecular formula is C13H15BrN4O2. The van der Waals surface area contributed by atoms with Gasteiger partial charge in [-0.15, -0.1) is 5.10 Å². The minimum absolute atomic E-state index is 0.0951. The Morgan fingerprint density at radius 2 is 2.25 bits per heavy atom. The highest BCUT2D eigenvalue weighted by Crippen LogP contribution is 2.29. The first kappa shape index (κ1) is 13.7. The summed E-state index contributed by atoms with van der Waals surface area (Å²) in [4.78, 5) is 4.34. The van der Waals surface area contributed by atoms with Crippen LogP contribution in [0.15, 0.2) is 22.9 Å². The van der Waals surface area contributed by atoms with E-state index >= 15 is 0 Å². The smallest absolute Gasteiger partial charge is 0.131 e. The fourth-order valence-corrected chi connectivity index (χ4v) is 2.36. The highest BCUT2D eigenvalue weighted by Gasteiger charge is 2.38. The van der Waals surface area contributed by atoms with Gasteiger partial charge in [0.1, 0.15) is 5.69 Å². The molecule has 2 aromatic heterocycles. The summed E-state index contributed by atoms with van der Waals surface area (Å²) in [6.45, 7) is 3.83. The molecule has 0 spiro atoms. The van der Waals surface area contributed by atoms with Crippen LogP contribution < -0.4 is 0 Å². The van der Waals surface area contributed by atoms with E-state index in [0.29, 0.717) is 19.8 Å². The third kappa shape index (κ3) is 2.48. The number of halogens is 1. The molecule has 1 N–H and O–H groups in total. The molecule has 3 heterocycles. The number of rotatable bonds is 4. The number of aromatic nitrogens is 4. The number of aryl methyl sites for hydroxylation is 1. The van der Waals surface area contributed by atoms with Crippen LogP contribution in [0.4, 0.5) is 0 Å². The van der Waals surface area contributed by atoms with E-state index in [1.807, 2.05) is 19.2 Å². The van der Waals surface area contributed by atoms with Crippen molar-refractivity contribution in [1.82, 2.24) is 20.0 Å². The predicted molar refractivity (Wildman–Crippen MR) is 76.0 cm³/mol. The van der Waals surface area contributed by atoms with Crippen LogP contribution >= 0.6 is 15.9 Å². The lowest BCUT2D eigenvalue weighted by atomic mass is 9.87. The lowest BCUT2D eigenvalue weighted by Gasteiger charge is -2.39. The van der Waals surface area contributed by atoms with E-state index in [9.17, 15) is 5.11 Å². The second-order valence-electron chi connectivity index (χ2n) is 5.27. The van der Waals surface area contributed by atoms with Gasteiger partial charge in [-0.3, -0.25) is 9.67 Å². The molecular weight excluding hydrogens is 324 g/mol. The Morgan fingerprint density at radius 1 is 1.45 bits per heavy atom. The first-order valence-corrected chi connectivity index (χ1v) is 7.12. The van der Waals surface area contributed by atoms with Crippen molar-refractivity contribution in [3.8, 4) is 11.4 Å². The van der Waals surface area contributed by atoms with Crippen molar-refractivity contribution in [1.29, 1.82) is 0 Å². The molecule has 0 atom stereocenters. The van der Waals surface area contributed by atoms with Crippen LogP contribution in [0.3, 0.4) is 0 Å². The Morgan fingerprint density at radius 3 is 2.85 bits per heavy atom. The Labute approximate surface area is 124 Å². The van der Waals surface area contributed by atoms with Gasteiger partial charge in [0.2, 0.25) is 0 Å². The number of aliphatic hydroxyl groups is 1. The number of nitrogens with zero attached hydrogens (tertiary/aromatic N) is 4. The summed E-state index contributed by atoms with van der Waals surface area (Å²) in [6, 6.07) is 1.96. The van der Waals surface area contributed by atoms with Crippen LogP contribution in [0, 0.1) is 12.3 Å². The Kier molecular flexibility index (Phi) is 3.57. The van der Waals surface area contributed by atoms with E-state index in [1.165, 1.54) is 0 Å². The fourth-order valence-electron chi connectivity index (χ4n) is 2.14. The summed E-state index contributed by atoms with van der Waals surface area (Å²) in [6.07, 6.45) is 3.62. The monoisotopic (exact) mass is 338 g/mol. The van der Waals surface area contributed by atoms with Gasteiger partial charge < -0.3 is 9.84 Å². The number of hydrogen-bond acceptors (Lipinski definition) is 5. The van der Waals surface area contributed by atoms with Gasteiger partial charge in [-0.1, -0.05) is 5.21 Å². The molecule has 0 aromatic carbocycles. The molecule has 0 amide bonds. The van der Waals surface area contributed by atoms with Crippen molar-refractivity contribution < 1.29 is 9.84 Å². The maximum atomic E-state index is 9.43. The zero-order chi connectivity index (χ0) is 14.2. The van der Waals surface area contributed by atoms with Gasteiger partial charge in [-0.2, -0.15) is 0 Å². The number of pyridine rings is 1. The average Bonchev–Trinajstić information content (AvgIpc) is 2.85. The summed E-state index contributed by atoms with van der Waals surface area (Å²) in [7, 11) is 0. The van der Waals surface area contributed by atoms with E-state index in [4.69, 9.17) is 4.74 Å². The first-order valence-electron chi connectivity index (χ1n) is 6.33. The highest BCUT2D eigenvalue weighted by molar-refractivity contribution is 9.10. The van der Waals surface area contributed by atoms with Crippen LogP contribution in [0.25, 0.3) is 11.4 Å². The molecule has 0 radical (unpaired) electrons. The third-order valence-corrected chi connectivity index (χ3v) is 4.33. The fraction of sp³-hybridized carbons (Fsp3) is 0.462. The molecule has 6 nitrogen and oxygen atoms in total. The molecule has 1 aliphatic rings.